The molecule has 4 N–H and O–H groups in total. The molecule has 1 aromatic carbocycles. The lowest BCUT2D eigenvalue weighted by molar-refractivity contribution is -0.180. The van der Waals surface area contributed by atoms with Crippen molar-refractivity contribution in [1.29, 1.82) is 5.41 Å². The molecule has 1 atom stereocenters. The summed E-state index contributed by atoms with van der Waals surface area (Å²) in [5.41, 5.74) is 0.506. The maximum absolute atomic E-state index is 15.0. The van der Waals surface area contributed by atoms with Gasteiger partial charge in [-0.3, -0.25) is 19.3 Å². The molecule has 3 rings (SSSR count). The van der Waals surface area contributed by atoms with E-state index in [0.717, 1.165) is 22.2 Å². The largest absolute Gasteiger partial charge is 0.442 e. The molecule has 2 saturated heterocycles. The standard InChI is InChI=1S/C20H24F3N7O5/c21-15-8-13(29-11-14(35-20(29)33)10-26-19(32)18(22)23)1-2-16(15)28-3-4-30(34-6-5-28)17(31)7-12(9-24)27-25/h1-2,8-9,14,18,24H,3-7,10-11,25H2,(H,26,32)/t14-/m0/s1. The number of hydrazone groups is 1. The summed E-state index contributed by atoms with van der Waals surface area (Å²) in [4.78, 5) is 43.7. The number of hydrogen-bond donors (Lipinski definition) is 3. The summed E-state index contributed by atoms with van der Waals surface area (Å²) in [5.74, 6) is 2.57. The van der Waals surface area contributed by atoms with Crippen LogP contribution in [-0.4, -0.2) is 86.8 Å². The van der Waals surface area contributed by atoms with E-state index < -0.39 is 36.3 Å². The first-order valence-corrected chi connectivity index (χ1v) is 10.5. The molecular formula is C20H24F3N7O5. The van der Waals surface area contributed by atoms with Gasteiger partial charge in [-0.2, -0.15) is 13.9 Å². The molecule has 3 amide bonds. The van der Waals surface area contributed by atoms with E-state index in [2.05, 4.69) is 5.10 Å². The van der Waals surface area contributed by atoms with Crippen LogP contribution < -0.4 is 21.0 Å². The van der Waals surface area contributed by atoms with E-state index in [0.29, 0.717) is 0 Å². The van der Waals surface area contributed by atoms with Crippen LogP contribution in [0, 0.1) is 11.2 Å². The number of benzene rings is 1. The quantitative estimate of drug-likeness (QED) is 0.267. The SMILES string of the molecule is N=CC(CC(=O)N1CCN(c2ccc(N3C[C@H](CNC(=O)C(F)F)OC3=O)cc2F)CCO1)=NN. The minimum atomic E-state index is -3.18. The molecule has 0 unspecified atom stereocenters. The highest BCUT2D eigenvalue weighted by atomic mass is 19.3. The number of nitrogens with zero attached hydrogens (tertiary/aromatic N) is 4. The van der Waals surface area contributed by atoms with Crippen LogP contribution in [0.15, 0.2) is 23.3 Å². The number of carbonyl (C=O) groups excluding carboxylic acids is 3. The van der Waals surface area contributed by atoms with Gasteiger partial charge in [0.1, 0.15) is 11.9 Å². The van der Waals surface area contributed by atoms with E-state index >= 15 is 0 Å². The van der Waals surface area contributed by atoms with Crippen molar-refractivity contribution in [1.82, 2.24) is 10.4 Å². The van der Waals surface area contributed by atoms with E-state index in [4.69, 9.17) is 20.8 Å². The van der Waals surface area contributed by atoms with Gasteiger partial charge in [0, 0.05) is 19.3 Å². The minimum absolute atomic E-state index is 0.0559. The van der Waals surface area contributed by atoms with Gasteiger partial charge in [0.15, 0.2) is 0 Å². The van der Waals surface area contributed by atoms with Crippen LogP contribution in [0.1, 0.15) is 6.42 Å². The Hall–Kier alpha value is -3.88. The second-order valence-corrected chi connectivity index (χ2v) is 7.56. The highest BCUT2D eigenvalue weighted by molar-refractivity contribution is 6.33. The number of alkyl halides is 2. The molecule has 0 aliphatic carbocycles. The fourth-order valence-corrected chi connectivity index (χ4v) is 3.51. The molecule has 2 aliphatic heterocycles. The van der Waals surface area contributed by atoms with Crippen LogP contribution in [0.25, 0.3) is 0 Å². The number of anilines is 2. The summed E-state index contributed by atoms with van der Waals surface area (Å²) in [6, 6.07) is 4.11. The van der Waals surface area contributed by atoms with E-state index in [1.54, 1.807) is 4.90 Å². The number of amides is 3. The number of hydrogen-bond acceptors (Lipinski definition) is 9. The van der Waals surface area contributed by atoms with Gasteiger partial charge >= 0.3 is 12.5 Å². The fourth-order valence-electron chi connectivity index (χ4n) is 3.51. The van der Waals surface area contributed by atoms with Crippen LogP contribution in [0.4, 0.5) is 29.3 Å². The number of nitrogens with two attached hydrogens (primary N) is 1. The minimum Gasteiger partial charge on any atom is -0.442 e. The Balaban J connectivity index is 1.61. The lowest BCUT2D eigenvalue weighted by Gasteiger charge is -2.24. The maximum atomic E-state index is 15.0. The molecule has 2 fully saturated rings. The van der Waals surface area contributed by atoms with Gasteiger partial charge < -0.3 is 26.2 Å². The topological polar surface area (TPSA) is 154 Å². The summed E-state index contributed by atoms with van der Waals surface area (Å²) < 4.78 is 44.6. The third-order valence-electron chi connectivity index (χ3n) is 5.28. The Morgan fingerprint density at radius 3 is 2.74 bits per heavy atom. The first-order chi connectivity index (χ1) is 16.7. The van der Waals surface area contributed by atoms with E-state index in [9.17, 15) is 27.6 Å². The van der Waals surface area contributed by atoms with Gasteiger partial charge in [-0.15, -0.1) is 0 Å². The second-order valence-electron chi connectivity index (χ2n) is 7.56. The molecule has 12 nitrogen and oxygen atoms in total. The van der Waals surface area contributed by atoms with Crippen LogP contribution in [0.5, 0.6) is 0 Å². The van der Waals surface area contributed by atoms with Gasteiger partial charge in [0.2, 0.25) is 0 Å². The van der Waals surface area contributed by atoms with Crippen LogP contribution in [0.3, 0.4) is 0 Å². The molecule has 2 heterocycles. The molecule has 0 bridgehead atoms. The fraction of sp³-hybridized carbons (Fsp3) is 0.450. The number of hydroxylamine groups is 2. The molecule has 190 valence electrons. The van der Waals surface area contributed by atoms with E-state index in [1.165, 1.54) is 12.1 Å². The first-order valence-electron chi connectivity index (χ1n) is 10.5. The Morgan fingerprint density at radius 2 is 2.09 bits per heavy atom. The molecule has 0 radical (unpaired) electrons. The zero-order valence-electron chi connectivity index (χ0n) is 18.5. The zero-order chi connectivity index (χ0) is 25.5. The highest BCUT2D eigenvalue weighted by Gasteiger charge is 2.33. The summed E-state index contributed by atoms with van der Waals surface area (Å²) in [6.07, 6.45) is -4.18. The average molecular weight is 499 g/mol. The number of cyclic esters (lactones) is 1. The van der Waals surface area contributed by atoms with Crippen molar-refractivity contribution in [2.45, 2.75) is 19.0 Å². The molecule has 1 aromatic rings. The normalized spacial score (nSPS) is 19.0. The molecule has 35 heavy (non-hydrogen) atoms. The van der Waals surface area contributed by atoms with Crippen molar-refractivity contribution in [3.05, 3.63) is 24.0 Å². The monoisotopic (exact) mass is 499 g/mol. The number of ether oxygens (including phenoxy) is 1. The van der Waals surface area contributed by atoms with E-state index in [1.807, 2.05) is 5.32 Å². The molecule has 0 aromatic heterocycles. The van der Waals surface area contributed by atoms with Gasteiger partial charge in [-0.1, -0.05) is 0 Å². The summed E-state index contributed by atoms with van der Waals surface area (Å²) >= 11 is 0. The van der Waals surface area contributed by atoms with Gasteiger partial charge in [-0.05, 0) is 18.2 Å². The summed E-state index contributed by atoms with van der Waals surface area (Å²) in [7, 11) is 0. The van der Waals surface area contributed by atoms with Crippen molar-refractivity contribution in [2.75, 3.05) is 49.1 Å². The molecule has 2 aliphatic rings. The zero-order valence-corrected chi connectivity index (χ0v) is 18.5. The Kier molecular flexibility index (Phi) is 8.46. The van der Waals surface area contributed by atoms with Crippen molar-refractivity contribution in [3.63, 3.8) is 0 Å². The molecular weight excluding hydrogens is 475 g/mol. The predicted octanol–water partition coefficient (Wildman–Crippen LogP) is 0.467. The average Bonchev–Trinajstić information content (AvgIpc) is 3.04. The van der Waals surface area contributed by atoms with Crippen LogP contribution in [-0.2, 0) is 19.2 Å². The van der Waals surface area contributed by atoms with Gasteiger partial charge in [-0.25, -0.2) is 14.2 Å². The van der Waals surface area contributed by atoms with Crippen molar-refractivity contribution in [3.8, 4) is 0 Å². The van der Waals surface area contributed by atoms with Crippen molar-refractivity contribution in [2.24, 2.45) is 10.9 Å². The smallest absolute Gasteiger partial charge is 0.414 e. The van der Waals surface area contributed by atoms with Crippen molar-refractivity contribution >= 4 is 41.2 Å². The molecule has 0 saturated carbocycles. The van der Waals surface area contributed by atoms with Gasteiger partial charge in [0.05, 0.1) is 49.7 Å². The number of carbonyl (C=O) groups is 3. The van der Waals surface area contributed by atoms with Crippen LogP contribution >= 0.6 is 0 Å². The Bertz CT molecular complexity index is 1010. The number of nitrogens with one attached hydrogen (secondary N) is 2. The highest BCUT2D eigenvalue weighted by Crippen LogP contribution is 2.28. The van der Waals surface area contributed by atoms with E-state index in [-0.39, 0.29) is 62.8 Å². The lowest BCUT2D eigenvalue weighted by Crippen LogP contribution is -2.37. The molecule has 0 spiro atoms. The number of rotatable bonds is 8. The third kappa shape index (κ3) is 6.38. The Morgan fingerprint density at radius 1 is 1.31 bits per heavy atom. The summed E-state index contributed by atoms with van der Waals surface area (Å²) in [6.45, 7) is 0.393. The second kappa shape index (κ2) is 11.5. The van der Waals surface area contributed by atoms with Crippen molar-refractivity contribution < 1.29 is 37.1 Å². The Labute approximate surface area is 197 Å². The maximum Gasteiger partial charge on any atom is 0.414 e. The van der Waals surface area contributed by atoms with Gasteiger partial charge in [0.25, 0.3) is 11.8 Å². The lowest BCUT2D eigenvalue weighted by atomic mass is 10.2. The van der Waals surface area contributed by atoms with Crippen LogP contribution in [0.2, 0.25) is 0 Å². The predicted molar refractivity (Wildman–Crippen MR) is 118 cm³/mol. The molecule has 15 heteroatoms. The first kappa shape index (κ1) is 25.7. The third-order valence-corrected chi connectivity index (χ3v) is 5.28. The number of halogens is 3. The summed E-state index contributed by atoms with van der Waals surface area (Å²) in [5, 5.41) is 13.6.